The first kappa shape index (κ1) is 16.4. The lowest BCUT2D eigenvalue weighted by atomic mass is 9.77. The second kappa shape index (κ2) is 7.70. The van der Waals surface area contributed by atoms with Crippen molar-refractivity contribution in [2.45, 2.75) is 73.0 Å². The zero-order valence-electron chi connectivity index (χ0n) is 12.0. The number of ether oxygens (including phenoxy) is 1. The van der Waals surface area contributed by atoms with Crippen LogP contribution in [0.3, 0.4) is 0 Å². The summed E-state index contributed by atoms with van der Waals surface area (Å²) in [4.78, 5) is 11.9. The van der Waals surface area contributed by atoms with E-state index in [9.17, 15) is 9.90 Å². The van der Waals surface area contributed by atoms with Crippen LogP contribution in [0.1, 0.15) is 66.7 Å². The summed E-state index contributed by atoms with van der Waals surface area (Å²) in [6, 6.07) is 0. The lowest BCUT2D eigenvalue weighted by molar-refractivity contribution is -0.181. The highest BCUT2D eigenvalue weighted by atomic mass is 16.6. The normalized spacial score (nSPS) is 15.4. The van der Waals surface area contributed by atoms with Crippen LogP contribution >= 0.6 is 0 Å². The Morgan fingerprint density at radius 1 is 1.29 bits per heavy atom. The zero-order chi connectivity index (χ0) is 13.5. The number of unbranched alkanes of at least 4 members (excludes halogenated alkanes) is 2. The van der Waals surface area contributed by atoms with E-state index in [2.05, 4.69) is 13.8 Å². The number of hydrogen-bond acceptors (Lipinski definition) is 3. The standard InChI is InChI=1S/C14H28O3/c1-6-8-9-10-11(3)14(4,5)13(16)17-12(15)7-2/h11-12,15H,6-10H2,1-5H3. The second-order valence-corrected chi connectivity index (χ2v) is 5.39. The molecule has 0 aliphatic carbocycles. The summed E-state index contributed by atoms with van der Waals surface area (Å²) < 4.78 is 5.01. The van der Waals surface area contributed by atoms with Crippen molar-refractivity contribution in [2.75, 3.05) is 0 Å². The largest absolute Gasteiger partial charge is 0.436 e. The highest BCUT2D eigenvalue weighted by Crippen LogP contribution is 2.32. The average Bonchev–Trinajstić information content (AvgIpc) is 2.28. The third kappa shape index (κ3) is 5.53. The number of aliphatic hydroxyl groups excluding tert-OH is 1. The summed E-state index contributed by atoms with van der Waals surface area (Å²) in [5.74, 6) is -0.0264. The Morgan fingerprint density at radius 3 is 2.35 bits per heavy atom. The topological polar surface area (TPSA) is 46.5 Å². The van der Waals surface area contributed by atoms with E-state index in [1.54, 1.807) is 6.92 Å². The molecular weight excluding hydrogens is 216 g/mol. The number of hydrogen-bond donors (Lipinski definition) is 1. The fraction of sp³-hybridized carbons (Fsp3) is 0.929. The van der Waals surface area contributed by atoms with Crippen LogP contribution in [-0.2, 0) is 9.53 Å². The fourth-order valence-electron chi connectivity index (χ4n) is 1.62. The van der Waals surface area contributed by atoms with Crippen LogP contribution in [0.25, 0.3) is 0 Å². The summed E-state index contributed by atoms with van der Waals surface area (Å²) >= 11 is 0. The van der Waals surface area contributed by atoms with Crippen molar-refractivity contribution >= 4 is 5.97 Å². The van der Waals surface area contributed by atoms with Gasteiger partial charge in [-0.3, -0.25) is 4.79 Å². The molecule has 0 aliphatic rings. The number of rotatable bonds is 8. The van der Waals surface area contributed by atoms with Crippen molar-refractivity contribution in [3.05, 3.63) is 0 Å². The summed E-state index contributed by atoms with van der Waals surface area (Å²) in [6.45, 7) is 9.83. The predicted molar refractivity (Wildman–Crippen MR) is 69.5 cm³/mol. The third-order valence-electron chi connectivity index (χ3n) is 3.59. The predicted octanol–water partition coefficient (Wildman–Crippen LogP) is 3.50. The molecule has 0 radical (unpaired) electrons. The summed E-state index contributed by atoms with van der Waals surface area (Å²) in [5, 5.41) is 9.34. The maximum absolute atomic E-state index is 11.9. The summed E-state index contributed by atoms with van der Waals surface area (Å²) in [6.07, 6.45) is 4.03. The van der Waals surface area contributed by atoms with Gasteiger partial charge in [0.2, 0.25) is 0 Å². The molecule has 2 unspecified atom stereocenters. The minimum atomic E-state index is -0.968. The van der Waals surface area contributed by atoms with Crippen LogP contribution in [0.15, 0.2) is 0 Å². The molecule has 1 N–H and O–H groups in total. The molecule has 0 fully saturated rings. The van der Waals surface area contributed by atoms with Gasteiger partial charge in [-0.1, -0.05) is 40.0 Å². The number of esters is 1. The summed E-state index contributed by atoms with van der Waals surface area (Å²) in [7, 11) is 0. The zero-order valence-corrected chi connectivity index (χ0v) is 12.0. The van der Waals surface area contributed by atoms with Gasteiger partial charge in [0, 0.05) is 6.42 Å². The average molecular weight is 244 g/mol. The van der Waals surface area contributed by atoms with Gasteiger partial charge in [0.25, 0.3) is 0 Å². The Hall–Kier alpha value is -0.570. The minimum Gasteiger partial charge on any atom is -0.436 e. The van der Waals surface area contributed by atoms with Gasteiger partial charge in [0.1, 0.15) is 0 Å². The van der Waals surface area contributed by atoms with Crippen molar-refractivity contribution < 1.29 is 14.6 Å². The van der Waals surface area contributed by atoms with Crippen molar-refractivity contribution in [3.63, 3.8) is 0 Å². The molecule has 0 rings (SSSR count). The lowest BCUT2D eigenvalue weighted by Crippen LogP contribution is -2.35. The van der Waals surface area contributed by atoms with E-state index < -0.39 is 11.7 Å². The molecule has 2 atom stereocenters. The van der Waals surface area contributed by atoms with Gasteiger partial charge in [0.15, 0.2) is 6.29 Å². The van der Waals surface area contributed by atoms with Gasteiger partial charge in [-0.15, -0.1) is 0 Å². The van der Waals surface area contributed by atoms with E-state index in [0.29, 0.717) is 6.42 Å². The second-order valence-electron chi connectivity index (χ2n) is 5.39. The fourth-order valence-corrected chi connectivity index (χ4v) is 1.62. The highest BCUT2D eigenvalue weighted by Gasteiger charge is 2.35. The van der Waals surface area contributed by atoms with Gasteiger partial charge in [-0.2, -0.15) is 0 Å². The Kier molecular flexibility index (Phi) is 7.44. The Morgan fingerprint density at radius 2 is 1.88 bits per heavy atom. The molecule has 3 heteroatoms. The molecule has 0 bridgehead atoms. The number of carbonyl (C=O) groups excluding carboxylic acids is 1. The molecule has 0 aromatic carbocycles. The minimum absolute atomic E-state index is 0.269. The van der Waals surface area contributed by atoms with Crippen molar-refractivity contribution in [1.29, 1.82) is 0 Å². The van der Waals surface area contributed by atoms with Crippen LogP contribution in [-0.4, -0.2) is 17.4 Å². The first-order valence-electron chi connectivity index (χ1n) is 6.75. The van der Waals surface area contributed by atoms with Gasteiger partial charge in [0.05, 0.1) is 5.41 Å². The molecule has 17 heavy (non-hydrogen) atoms. The van der Waals surface area contributed by atoms with E-state index in [1.807, 2.05) is 13.8 Å². The van der Waals surface area contributed by atoms with E-state index >= 15 is 0 Å². The van der Waals surface area contributed by atoms with E-state index in [0.717, 1.165) is 12.8 Å². The van der Waals surface area contributed by atoms with E-state index in [1.165, 1.54) is 12.8 Å². The SMILES string of the molecule is CCCCCC(C)C(C)(C)C(=O)OC(O)CC. The first-order chi connectivity index (χ1) is 7.86. The number of aliphatic hydroxyl groups is 1. The molecule has 102 valence electrons. The Balaban J connectivity index is 4.27. The third-order valence-corrected chi connectivity index (χ3v) is 3.59. The van der Waals surface area contributed by atoms with Crippen LogP contribution in [0.4, 0.5) is 0 Å². The molecular formula is C14H28O3. The maximum atomic E-state index is 11.9. The van der Waals surface area contributed by atoms with Crippen molar-refractivity contribution in [3.8, 4) is 0 Å². The molecule has 0 aromatic heterocycles. The van der Waals surface area contributed by atoms with Gasteiger partial charge in [-0.25, -0.2) is 0 Å². The first-order valence-corrected chi connectivity index (χ1v) is 6.75. The molecule has 0 saturated heterocycles. The Labute approximate surface area is 106 Å². The smallest absolute Gasteiger partial charge is 0.314 e. The molecule has 3 nitrogen and oxygen atoms in total. The van der Waals surface area contributed by atoms with Crippen LogP contribution < -0.4 is 0 Å². The van der Waals surface area contributed by atoms with Crippen LogP contribution in [0.5, 0.6) is 0 Å². The van der Waals surface area contributed by atoms with Gasteiger partial charge in [-0.05, 0) is 26.2 Å². The molecule has 0 aliphatic heterocycles. The highest BCUT2D eigenvalue weighted by molar-refractivity contribution is 5.76. The van der Waals surface area contributed by atoms with E-state index in [4.69, 9.17) is 4.74 Å². The van der Waals surface area contributed by atoms with Crippen LogP contribution in [0.2, 0.25) is 0 Å². The molecule has 0 spiro atoms. The Bertz CT molecular complexity index is 224. The van der Waals surface area contributed by atoms with Crippen molar-refractivity contribution in [1.82, 2.24) is 0 Å². The van der Waals surface area contributed by atoms with Crippen LogP contribution in [0, 0.1) is 11.3 Å². The van der Waals surface area contributed by atoms with E-state index in [-0.39, 0.29) is 11.9 Å². The van der Waals surface area contributed by atoms with Gasteiger partial charge < -0.3 is 9.84 Å². The van der Waals surface area contributed by atoms with Crippen molar-refractivity contribution in [2.24, 2.45) is 11.3 Å². The lowest BCUT2D eigenvalue weighted by Gasteiger charge is -2.30. The molecule has 0 amide bonds. The monoisotopic (exact) mass is 244 g/mol. The maximum Gasteiger partial charge on any atom is 0.314 e. The number of carbonyl (C=O) groups is 1. The van der Waals surface area contributed by atoms with Gasteiger partial charge >= 0.3 is 5.97 Å². The quantitative estimate of drug-likeness (QED) is 0.404. The molecule has 0 saturated carbocycles. The molecule has 0 aromatic rings. The summed E-state index contributed by atoms with van der Waals surface area (Å²) in [5.41, 5.74) is -0.524. The molecule has 0 heterocycles.